The van der Waals surface area contributed by atoms with Crippen molar-refractivity contribution in [3.8, 4) is 0 Å². The van der Waals surface area contributed by atoms with Gasteiger partial charge in [-0.1, -0.05) is 41.4 Å². The molecule has 0 radical (unpaired) electrons. The summed E-state index contributed by atoms with van der Waals surface area (Å²) in [7, 11) is 0. The second-order valence-electron chi connectivity index (χ2n) is 4.03. The van der Waals surface area contributed by atoms with E-state index >= 15 is 0 Å². The lowest BCUT2D eigenvalue weighted by Gasteiger charge is -2.21. The first-order valence-electron chi connectivity index (χ1n) is 5.90. The fourth-order valence-corrected chi connectivity index (χ4v) is 2.18. The van der Waals surface area contributed by atoms with Crippen molar-refractivity contribution in [1.82, 2.24) is 4.90 Å². The molecule has 1 aromatic carbocycles. The molecule has 1 aromatic rings. The molecule has 0 aliphatic rings. The minimum Gasteiger partial charge on any atom is -0.298 e. The van der Waals surface area contributed by atoms with Gasteiger partial charge in [-0.05, 0) is 19.0 Å². The SMILES string of the molecule is CCCCN(CCBr)Cc1cccc(F)c1F. The summed E-state index contributed by atoms with van der Waals surface area (Å²) in [5, 5.41) is 0.841. The first-order chi connectivity index (χ1) is 8.19. The van der Waals surface area contributed by atoms with E-state index in [1.165, 1.54) is 0 Å². The molecule has 0 unspecified atom stereocenters. The van der Waals surface area contributed by atoms with E-state index in [2.05, 4.69) is 27.8 Å². The van der Waals surface area contributed by atoms with E-state index in [4.69, 9.17) is 0 Å². The Labute approximate surface area is 110 Å². The van der Waals surface area contributed by atoms with Crippen molar-refractivity contribution in [3.63, 3.8) is 0 Å². The summed E-state index contributed by atoms with van der Waals surface area (Å²) in [6, 6.07) is 4.35. The van der Waals surface area contributed by atoms with Gasteiger partial charge < -0.3 is 0 Å². The normalized spacial score (nSPS) is 11.1. The molecule has 1 rings (SSSR count). The van der Waals surface area contributed by atoms with E-state index in [-0.39, 0.29) is 0 Å². The van der Waals surface area contributed by atoms with Gasteiger partial charge in [0.25, 0.3) is 0 Å². The van der Waals surface area contributed by atoms with Gasteiger partial charge in [0.1, 0.15) is 0 Å². The molecule has 17 heavy (non-hydrogen) atoms. The lowest BCUT2D eigenvalue weighted by molar-refractivity contribution is 0.273. The number of alkyl halides is 1. The van der Waals surface area contributed by atoms with E-state index in [1.54, 1.807) is 12.1 Å². The zero-order valence-corrected chi connectivity index (χ0v) is 11.6. The summed E-state index contributed by atoms with van der Waals surface area (Å²) < 4.78 is 26.6. The maximum atomic E-state index is 13.5. The Morgan fingerprint density at radius 3 is 2.65 bits per heavy atom. The number of hydrogen-bond donors (Lipinski definition) is 0. The van der Waals surface area contributed by atoms with Crippen LogP contribution in [0.2, 0.25) is 0 Å². The van der Waals surface area contributed by atoms with Crippen LogP contribution in [0.25, 0.3) is 0 Å². The van der Waals surface area contributed by atoms with Crippen LogP contribution in [0.15, 0.2) is 18.2 Å². The molecule has 0 atom stereocenters. The van der Waals surface area contributed by atoms with Crippen LogP contribution in [-0.4, -0.2) is 23.3 Å². The van der Waals surface area contributed by atoms with E-state index in [0.717, 1.165) is 37.3 Å². The smallest absolute Gasteiger partial charge is 0.163 e. The van der Waals surface area contributed by atoms with Crippen LogP contribution in [0.5, 0.6) is 0 Å². The molecule has 0 aromatic heterocycles. The summed E-state index contributed by atoms with van der Waals surface area (Å²) in [5.74, 6) is -1.49. The van der Waals surface area contributed by atoms with Crippen LogP contribution in [0.1, 0.15) is 25.3 Å². The fraction of sp³-hybridized carbons (Fsp3) is 0.538. The summed E-state index contributed by atoms with van der Waals surface area (Å²) >= 11 is 3.38. The molecule has 0 saturated carbocycles. The molecule has 0 bridgehead atoms. The Kier molecular flexibility index (Phi) is 6.66. The van der Waals surface area contributed by atoms with Gasteiger partial charge in [-0.15, -0.1) is 0 Å². The van der Waals surface area contributed by atoms with E-state index in [0.29, 0.717) is 12.1 Å². The van der Waals surface area contributed by atoms with Crippen LogP contribution >= 0.6 is 15.9 Å². The average molecular weight is 306 g/mol. The lowest BCUT2D eigenvalue weighted by Crippen LogP contribution is -2.27. The summed E-state index contributed by atoms with van der Waals surface area (Å²) in [6.45, 7) is 4.35. The molecule has 0 N–H and O–H groups in total. The van der Waals surface area contributed by atoms with Crippen molar-refractivity contribution < 1.29 is 8.78 Å². The van der Waals surface area contributed by atoms with Gasteiger partial charge in [-0.3, -0.25) is 4.90 Å². The van der Waals surface area contributed by atoms with E-state index in [9.17, 15) is 8.78 Å². The third kappa shape index (κ3) is 4.72. The average Bonchev–Trinajstić information content (AvgIpc) is 2.32. The largest absolute Gasteiger partial charge is 0.298 e. The second-order valence-corrected chi connectivity index (χ2v) is 4.82. The molecule has 0 amide bonds. The van der Waals surface area contributed by atoms with E-state index in [1.807, 2.05) is 0 Å². The minimum absolute atomic E-state index is 0.432. The van der Waals surface area contributed by atoms with Gasteiger partial charge in [0.05, 0.1) is 0 Å². The first kappa shape index (κ1) is 14.6. The van der Waals surface area contributed by atoms with Crippen LogP contribution < -0.4 is 0 Å². The maximum Gasteiger partial charge on any atom is 0.163 e. The third-order valence-corrected chi connectivity index (χ3v) is 3.01. The summed E-state index contributed by atoms with van der Waals surface area (Å²) in [5.41, 5.74) is 0.432. The Hall–Kier alpha value is -0.480. The molecular formula is C13H18BrF2N. The molecule has 0 saturated heterocycles. The Morgan fingerprint density at radius 2 is 2.00 bits per heavy atom. The molecule has 0 spiro atoms. The molecule has 1 nitrogen and oxygen atoms in total. The molecular weight excluding hydrogens is 288 g/mol. The van der Waals surface area contributed by atoms with Crippen molar-refractivity contribution in [2.45, 2.75) is 26.3 Å². The van der Waals surface area contributed by atoms with Gasteiger partial charge in [-0.2, -0.15) is 0 Å². The highest BCUT2D eigenvalue weighted by atomic mass is 79.9. The molecule has 0 fully saturated rings. The number of nitrogens with zero attached hydrogens (tertiary/aromatic N) is 1. The highest BCUT2D eigenvalue weighted by molar-refractivity contribution is 9.09. The lowest BCUT2D eigenvalue weighted by atomic mass is 10.2. The standard InChI is InChI=1S/C13H18BrF2N/c1-2-3-8-17(9-7-14)10-11-5-4-6-12(15)13(11)16/h4-6H,2-3,7-10H2,1H3. The van der Waals surface area contributed by atoms with Gasteiger partial charge in [0.15, 0.2) is 11.6 Å². The first-order valence-corrected chi connectivity index (χ1v) is 7.02. The van der Waals surface area contributed by atoms with Crippen molar-refractivity contribution in [2.75, 3.05) is 18.4 Å². The maximum absolute atomic E-state index is 13.5. The monoisotopic (exact) mass is 305 g/mol. The quantitative estimate of drug-likeness (QED) is 0.689. The van der Waals surface area contributed by atoms with Crippen LogP contribution in [0, 0.1) is 11.6 Å². The van der Waals surface area contributed by atoms with Gasteiger partial charge in [0.2, 0.25) is 0 Å². The second kappa shape index (κ2) is 7.77. The summed E-state index contributed by atoms with van der Waals surface area (Å²) in [6.07, 6.45) is 2.17. The van der Waals surface area contributed by atoms with Crippen LogP contribution in [-0.2, 0) is 6.54 Å². The zero-order valence-electron chi connectivity index (χ0n) is 10.1. The fourth-order valence-electron chi connectivity index (χ4n) is 1.68. The Bertz CT molecular complexity index is 344. The van der Waals surface area contributed by atoms with Crippen molar-refractivity contribution in [1.29, 1.82) is 0 Å². The van der Waals surface area contributed by atoms with Crippen molar-refractivity contribution >= 4 is 15.9 Å². The highest BCUT2D eigenvalue weighted by Gasteiger charge is 2.11. The number of benzene rings is 1. The van der Waals surface area contributed by atoms with Crippen LogP contribution in [0.3, 0.4) is 0 Å². The predicted molar refractivity (Wildman–Crippen MR) is 70.3 cm³/mol. The number of hydrogen-bond acceptors (Lipinski definition) is 1. The molecule has 0 aliphatic carbocycles. The number of halogens is 3. The number of rotatable bonds is 7. The Balaban J connectivity index is 2.67. The van der Waals surface area contributed by atoms with Gasteiger partial charge in [-0.25, -0.2) is 8.78 Å². The summed E-state index contributed by atoms with van der Waals surface area (Å²) in [4.78, 5) is 2.14. The predicted octanol–water partition coefficient (Wildman–Crippen LogP) is 3.96. The highest BCUT2D eigenvalue weighted by Crippen LogP contribution is 2.14. The number of unbranched alkanes of at least 4 members (excludes halogenated alkanes) is 1. The molecule has 0 aliphatic heterocycles. The molecule has 4 heteroatoms. The third-order valence-electron chi connectivity index (χ3n) is 2.65. The zero-order chi connectivity index (χ0) is 12.7. The molecule has 0 heterocycles. The van der Waals surface area contributed by atoms with Crippen molar-refractivity contribution in [3.05, 3.63) is 35.4 Å². The van der Waals surface area contributed by atoms with Gasteiger partial charge in [0, 0.05) is 24.0 Å². The Morgan fingerprint density at radius 1 is 1.24 bits per heavy atom. The van der Waals surface area contributed by atoms with Gasteiger partial charge >= 0.3 is 0 Å². The topological polar surface area (TPSA) is 3.24 Å². The van der Waals surface area contributed by atoms with E-state index < -0.39 is 11.6 Å². The molecule has 96 valence electrons. The van der Waals surface area contributed by atoms with Crippen LogP contribution in [0.4, 0.5) is 8.78 Å². The van der Waals surface area contributed by atoms with Crippen molar-refractivity contribution in [2.24, 2.45) is 0 Å². The minimum atomic E-state index is -0.767.